The third kappa shape index (κ3) is 5.80. The quantitative estimate of drug-likeness (QED) is 0.191. The molecule has 14 nitrogen and oxygen atoms in total. The molecule has 29 heavy (non-hydrogen) atoms. The van der Waals surface area contributed by atoms with Crippen LogP contribution in [0.15, 0.2) is 0 Å². The van der Waals surface area contributed by atoms with Crippen molar-refractivity contribution >= 4 is 16.3 Å². The van der Waals surface area contributed by atoms with Crippen LogP contribution < -0.4 is 5.32 Å². The molecule has 170 valence electrons. The Labute approximate surface area is 165 Å². The van der Waals surface area contributed by atoms with Gasteiger partial charge in [0.1, 0.15) is 42.7 Å². The highest BCUT2D eigenvalue weighted by Gasteiger charge is 2.52. The fourth-order valence-electron chi connectivity index (χ4n) is 3.15. The van der Waals surface area contributed by atoms with E-state index in [1.807, 2.05) is 0 Å². The maximum atomic E-state index is 11.6. The van der Waals surface area contributed by atoms with Crippen molar-refractivity contribution in [3.05, 3.63) is 0 Å². The number of aliphatic hydroxyl groups excluding tert-OH is 5. The number of ether oxygens (including phenoxy) is 3. The SMILES string of the molecule is CC(=O)N[C@H]1[C@H](O[C@@H]2[C@H](O)[C@H](C)O[C@H](O)[C@H]2O)O[C@H](CO)[C@@H](O)[C@@H]1OS(=O)(=O)O. The summed E-state index contributed by atoms with van der Waals surface area (Å²) in [4.78, 5) is 11.6. The third-order valence-electron chi connectivity index (χ3n) is 4.55. The van der Waals surface area contributed by atoms with Crippen molar-refractivity contribution in [1.29, 1.82) is 0 Å². The molecule has 2 aliphatic rings. The monoisotopic (exact) mass is 447 g/mol. The molecule has 7 N–H and O–H groups in total. The summed E-state index contributed by atoms with van der Waals surface area (Å²) in [5, 5.41) is 51.9. The van der Waals surface area contributed by atoms with Gasteiger partial charge in [0.2, 0.25) is 5.91 Å². The van der Waals surface area contributed by atoms with E-state index in [0.717, 1.165) is 6.92 Å². The highest BCUT2D eigenvalue weighted by Crippen LogP contribution is 2.30. The van der Waals surface area contributed by atoms with Crippen LogP contribution in [0.4, 0.5) is 0 Å². The van der Waals surface area contributed by atoms with Gasteiger partial charge in [-0.25, -0.2) is 4.18 Å². The molecule has 0 saturated carbocycles. The van der Waals surface area contributed by atoms with E-state index in [1.54, 1.807) is 0 Å². The lowest BCUT2D eigenvalue weighted by Gasteiger charge is -2.46. The second-order valence-corrected chi connectivity index (χ2v) is 7.79. The fourth-order valence-corrected chi connectivity index (χ4v) is 3.67. The van der Waals surface area contributed by atoms with E-state index in [-0.39, 0.29) is 0 Å². The molecular formula is C14H25NO13S. The lowest BCUT2D eigenvalue weighted by molar-refractivity contribution is -0.336. The molecule has 0 aromatic heterocycles. The maximum absolute atomic E-state index is 11.6. The van der Waals surface area contributed by atoms with Crippen molar-refractivity contribution in [2.45, 2.75) is 75.2 Å². The predicted octanol–water partition coefficient (Wildman–Crippen LogP) is -4.40. The molecule has 1 amide bonds. The highest BCUT2D eigenvalue weighted by atomic mass is 32.3. The van der Waals surface area contributed by atoms with Crippen LogP contribution in [0.2, 0.25) is 0 Å². The van der Waals surface area contributed by atoms with Crippen LogP contribution in [0.25, 0.3) is 0 Å². The average molecular weight is 447 g/mol. The molecule has 2 saturated heterocycles. The lowest BCUT2D eigenvalue weighted by Crippen LogP contribution is -2.68. The first-order chi connectivity index (χ1) is 13.4. The first-order valence-corrected chi connectivity index (χ1v) is 9.94. The van der Waals surface area contributed by atoms with Gasteiger partial charge in [-0.2, -0.15) is 8.42 Å². The number of nitrogens with one attached hydrogen (secondary N) is 1. The van der Waals surface area contributed by atoms with Crippen LogP contribution >= 0.6 is 0 Å². The zero-order chi connectivity index (χ0) is 22.1. The van der Waals surface area contributed by atoms with Gasteiger partial charge in [-0.05, 0) is 6.92 Å². The molecule has 0 spiro atoms. The van der Waals surface area contributed by atoms with Crippen molar-refractivity contribution in [3.8, 4) is 0 Å². The first-order valence-electron chi connectivity index (χ1n) is 8.58. The Morgan fingerprint density at radius 1 is 1.07 bits per heavy atom. The third-order valence-corrected chi connectivity index (χ3v) is 5.01. The molecule has 0 bridgehead atoms. The molecular weight excluding hydrogens is 422 g/mol. The minimum absolute atomic E-state index is 0.729. The summed E-state index contributed by atoms with van der Waals surface area (Å²) in [7, 11) is -5.12. The van der Waals surface area contributed by atoms with E-state index in [2.05, 4.69) is 9.50 Å². The van der Waals surface area contributed by atoms with Crippen LogP contribution in [0, 0.1) is 0 Å². The Bertz CT molecular complexity index is 660. The van der Waals surface area contributed by atoms with Gasteiger partial charge in [0.05, 0.1) is 12.7 Å². The summed E-state index contributed by atoms with van der Waals surface area (Å²) in [6.07, 6.45) is -14.3. The fraction of sp³-hybridized carbons (Fsp3) is 0.929. The number of rotatable bonds is 6. The predicted molar refractivity (Wildman–Crippen MR) is 89.2 cm³/mol. The number of hydrogen-bond donors (Lipinski definition) is 7. The lowest BCUT2D eigenvalue weighted by atomic mass is 9.95. The number of carbonyl (C=O) groups is 1. The van der Waals surface area contributed by atoms with Gasteiger partial charge in [-0.1, -0.05) is 0 Å². The topological polar surface area (TPSA) is 222 Å². The number of amides is 1. The number of carbonyl (C=O) groups excluding carboxylic acids is 1. The summed E-state index contributed by atoms with van der Waals surface area (Å²) < 4.78 is 51.6. The zero-order valence-electron chi connectivity index (χ0n) is 15.4. The molecule has 0 aliphatic carbocycles. The second-order valence-electron chi connectivity index (χ2n) is 6.74. The maximum Gasteiger partial charge on any atom is 0.397 e. The molecule has 2 fully saturated rings. The Morgan fingerprint density at radius 2 is 1.69 bits per heavy atom. The Balaban J connectivity index is 2.35. The molecule has 0 aromatic carbocycles. The van der Waals surface area contributed by atoms with Crippen LogP contribution in [0.5, 0.6) is 0 Å². The van der Waals surface area contributed by atoms with Gasteiger partial charge in [0, 0.05) is 6.92 Å². The Hall–Kier alpha value is -0.980. The number of hydrogen-bond acceptors (Lipinski definition) is 12. The zero-order valence-corrected chi connectivity index (χ0v) is 16.2. The van der Waals surface area contributed by atoms with Gasteiger partial charge in [0.15, 0.2) is 12.6 Å². The molecule has 2 heterocycles. The minimum Gasteiger partial charge on any atom is -0.394 e. The second kappa shape index (κ2) is 9.44. The van der Waals surface area contributed by atoms with Crippen molar-refractivity contribution in [1.82, 2.24) is 5.32 Å². The van der Waals surface area contributed by atoms with E-state index >= 15 is 0 Å². The average Bonchev–Trinajstić information content (AvgIpc) is 2.60. The molecule has 15 heteroatoms. The minimum atomic E-state index is -5.12. The summed E-state index contributed by atoms with van der Waals surface area (Å²) >= 11 is 0. The first kappa shape index (κ1) is 24.3. The number of aliphatic hydroxyl groups is 5. The van der Waals surface area contributed by atoms with Crippen molar-refractivity contribution in [2.24, 2.45) is 0 Å². The summed E-state index contributed by atoms with van der Waals surface area (Å²) in [6, 6.07) is -1.57. The van der Waals surface area contributed by atoms with Gasteiger partial charge in [-0.3, -0.25) is 9.35 Å². The van der Waals surface area contributed by atoms with Crippen LogP contribution in [0.1, 0.15) is 13.8 Å². The van der Waals surface area contributed by atoms with Crippen molar-refractivity contribution < 1.29 is 61.7 Å². The van der Waals surface area contributed by atoms with Crippen molar-refractivity contribution in [2.75, 3.05) is 6.61 Å². The summed E-state index contributed by atoms with van der Waals surface area (Å²) in [6.45, 7) is 1.60. The highest BCUT2D eigenvalue weighted by molar-refractivity contribution is 7.80. The van der Waals surface area contributed by atoms with E-state index in [0.29, 0.717) is 0 Å². The molecule has 0 unspecified atom stereocenters. The van der Waals surface area contributed by atoms with Gasteiger partial charge in [-0.15, -0.1) is 0 Å². The van der Waals surface area contributed by atoms with Crippen molar-refractivity contribution in [3.63, 3.8) is 0 Å². The van der Waals surface area contributed by atoms with E-state index < -0.39 is 84.3 Å². The Kier molecular flexibility index (Phi) is 7.91. The van der Waals surface area contributed by atoms with Crippen LogP contribution in [-0.4, -0.2) is 112 Å². The summed E-state index contributed by atoms with van der Waals surface area (Å²) in [5.41, 5.74) is 0. The molecule has 2 aliphatic heterocycles. The van der Waals surface area contributed by atoms with Crippen LogP contribution in [0.3, 0.4) is 0 Å². The van der Waals surface area contributed by atoms with Gasteiger partial charge in [0.25, 0.3) is 0 Å². The normalized spacial score (nSPS) is 43.7. The summed E-state index contributed by atoms with van der Waals surface area (Å²) in [5.74, 6) is -0.729. The smallest absolute Gasteiger partial charge is 0.394 e. The Morgan fingerprint density at radius 3 is 2.21 bits per heavy atom. The van der Waals surface area contributed by atoms with Gasteiger partial charge >= 0.3 is 10.4 Å². The van der Waals surface area contributed by atoms with E-state index in [1.165, 1.54) is 6.92 Å². The van der Waals surface area contributed by atoms with E-state index in [9.17, 15) is 38.7 Å². The molecule has 10 atom stereocenters. The molecule has 0 aromatic rings. The molecule has 0 radical (unpaired) electrons. The van der Waals surface area contributed by atoms with E-state index in [4.69, 9.17) is 18.8 Å². The standard InChI is InChI=1S/C14H25NO13S/c1-4-8(18)12(10(20)13(21)25-4)27-14-7(15-5(2)17)11(28-29(22,23)24)9(19)6(3-16)26-14/h4,6-14,16,18-21H,3H2,1-2H3,(H,15,17)(H,22,23,24)/t4-,6+,7+,8+,9+,10-,11+,12+,13-,14-/m0/s1. The van der Waals surface area contributed by atoms with Crippen LogP contribution in [-0.2, 0) is 33.6 Å². The van der Waals surface area contributed by atoms with Gasteiger partial charge < -0.3 is 45.1 Å². The largest absolute Gasteiger partial charge is 0.397 e. The molecule has 2 rings (SSSR count).